The number of amides is 1. The number of halogens is 1. The normalized spacial score (nSPS) is 14.2. The number of ether oxygens (including phenoxy) is 1. The van der Waals surface area contributed by atoms with Crippen molar-refractivity contribution in [3.8, 4) is 11.5 Å². The number of carbonyl (C=O) groups is 1. The number of hydrogen-bond donors (Lipinski definition) is 1. The van der Waals surface area contributed by atoms with E-state index in [0.29, 0.717) is 49.4 Å². The Balaban J connectivity index is 1.37. The molecule has 11 heteroatoms. The molecule has 0 saturated carbocycles. The van der Waals surface area contributed by atoms with Crippen molar-refractivity contribution in [2.45, 2.75) is 6.92 Å². The highest BCUT2D eigenvalue weighted by molar-refractivity contribution is 6.33. The predicted molar refractivity (Wildman–Crippen MR) is 112 cm³/mol. The quantitative estimate of drug-likeness (QED) is 0.476. The number of rotatable bonds is 4. The number of anilines is 2. The number of nitrogens with one attached hydrogen (secondary N) is 1. The van der Waals surface area contributed by atoms with Gasteiger partial charge in [-0.05, 0) is 19.1 Å². The van der Waals surface area contributed by atoms with Crippen molar-refractivity contribution < 1.29 is 18.4 Å². The van der Waals surface area contributed by atoms with Crippen LogP contribution in [-0.4, -0.2) is 52.1 Å². The molecule has 5 heterocycles. The van der Waals surface area contributed by atoms with Crippen molar-refractivity contribution in [2.24, 2.45) is 0 Å². The van der Waals surface area contributed by atoms with Crippen LogP contribution in [-0.2, 0) is 4.74 Å². The maximum atomic E-state index is 12.8. The molecule has 5 rings (SSSR count). The summed E-state index contributed by atoms with van der Waals surface area (Å²) >= 11 is 6.24. The second-order valence-corrected chi connectivity index (χ2v) is 7.28. The van der Waals surface area contributed by atoms with Crippen LogP contribution in [0, 0.1) is 6.92 Å². The molecule has 1 amide bonds. The van der Waals surface area contributed by atoms with Crippen LogP contribution in [0.1, 0.15) is 16.1 Å². The monoisotopic (exact) mass is 440 g/mol. The molecule has 0 bridgehead atoms. The summed E-state index contributed by atoms with van der Waals surface area (Å²) in [5.41, 5.74) is 2.43. The largest absolute Gasteiger partial charge is 0.442 e. The number of fused-ring (bicyclic) bond motifs is 1. The SMILES string of the molecule is Cc1cc(-c2nc(NC(=O)c3cc4oc(N5CCOCC5)nc4nc3Cl)co2)ccn1. The van der Waals surface area contributed by atoms with E-state index >= 15 is 0 Å². The van der Waals surface area contributed by atoms with Crippen LogP contribution in [0.5, 0.6) is 0 Å². The Bertz CT molecular complexity index is 1260. The molecule has 1 aliphatic heterocycles. The van der Waals surface area contributed by atoms with Gasteiger partial charge in [-0.3, -0.25) is 9.78 Å². The molecule has 1 saturated heterocycles. The van der Waals surface area contributed by atoms with Crippen molar-refractivity contribution in [3.05, 3.63) is 47.1 Å². The number of aromatic nitrogens is 4. The Morgan fingerprint density at radius 1 is 1.19 bits per heavy atom. The van der Waals surface area contributed by atoms with Crippen LogP contribution in [0.25, 0.3) is 22.7 Å². The fourth-order valence-electron chi connectivity index (χ4n) is 3.21. The van der Waals surface area contributed by atoms with Gasteiger partial charge < -0.3 is 23.8 Å². The van der Waals surface area contributed by atoms with Crippen molar-refractivity contribution in [2.75, 3.05) is 36.5 Å². The standard InChI is InChI=1S/C20H17ClN6O4/c1-11-8-12(2-3-22-11)19-24-15(10-30-19)23-18(28)13-9-14-17(25-16(13)21)26-20(31-14)27-4-6-29-7-5-27/h2-3,8-10H,4-7H2,1H3,(H,23,28). The molecule has 158 valence electrons. The first-order valence-corrected chi connectivity index (χ1v) is 9.94. The summed E-state index contributed by atoms with van der Waals surface area (Å²) in [5.74, 6) is 0.123. The predicted octanol–water partition coefficient (Wildman–Crippen LogP) is 3.32. The average Bonchev–Trinajstić information content (AvgIpc) is 3.40. The van der Waals surface area contributed by atoms with Crippen LogP contribution in [0.4, 0.5) is 11.8 Å². The molecule has 1 aliphatic rings. The molecule has 31 heavy (non-hydrogen) atoms. The molecule has 1 fully saturated rings. The minimum Gasteiger partial charge on any atom is -0.442 e. The molecule has 0 radical (unpaired) electrons. The summed E-state index contributed by atoms with van der Waals surface area (Å²) in [6, 6.07) is 5.55. The lowest BCUT2D eigenvalue weighted by molar-refractivity contribution is 0.102. The number of hydrogen-bond acceptors (Lipinski definition) is 9. The van der Waals surface area contributed by atoms with Crippen LogP contribution in [0.15, 0.2) is 39.5 Å². The number of carbonyl (C=O) groups excluding carboxylic acids is 1. The molecule has 10 nitrogen and oxygen atoms in total. The number of pyridine rings is 2. The van der Waals surface area contributed by atoms with E-state index < -0.39 is 5.91 Å². The number of nitrogens with zero attached hydrogens (tertiary/aromatic N) is 5. The topological polar surface area (TPSA) is 119 Å². The van der Waals surface area contributed by atoms with Crippen molar-refractivity contribution in [3.63, 3.8) is 0 Å². The van der Waals surface area contributed by atoms with Crippen LogP contribution >= 0.6 is 11.6 Å². The van der Waals surface area contributed by atoms with Gasteiger partial charge in [-0.25, -0.2) is 4.98 Å². The van der Waals surface area contributed by atoms with E-state index in [0.717, 1.165) is 11.3 Å². The second kappa shape index (κ2) is 7.97. The van der Waals surface area contributed by atoms with Gasteiger partial charge in [0, 0.05) is 36.6 Å². The number of aryl methyl sites for hydroxylation is 1. The molecule has 4 aromatic heterocycles. The van der Waals surface area contributed by atoms with Gasteiger partial charge in [-0.15, -0.1) is 0 Å². The smallest absolute Gasteiger partial charge is 0.300 e. The van der Waals surface area contributed by atoms with Crippen LogP contribution in [0.3, 0.4) is 0 Å². The zero-order valence-electron chi connectivity index (χ0n) is 16.5. The van der Waals surface area contributed by atoms with E-state index in [9.17, 15) is 4.79 Å². The third-order valence-electron chi connectivity index (χ3n) is 4.74. The third-order valence-corrected chi connectivity index (χ3v) is 5.03. The Labute approximate surface area is 181 Å². The maximum absolute atomic E-state index is 12.8. The van der Waals surface area contributed by atoms with E-state index in [4.69, 9.17) is 25.2 Å². The first kappa shape index (κ1) is 19.5. The van der Waals surface area contributed by atoms with Crippen molar-refractivity contribution in [1.29, 1.82) is 0 Å². The Hall–Kier alpha value is -3.50. The van der Waals surface area contributed by atoms with E-state index in [1.54, 1.807) is 12.3 Å². The van der Waals surface area contributed by atoms with Crippen molar-refractivity contribution >= 4 is 40.6 Å². The maximum Gasteiger partial charge on any atom is 0.300 e. The molecule has 0 aromatic carbocycles. The summed E-state index contributed by atoms with van der Waals surface area (Å²) in [6.07, 6.45) is 3.02. The Morgan fingerprint density at radius 2 is 2.03 bits per heavy atom. The second-order valence-electron chi connectivity index (χ2n) is 6.92. The summed E-state index contributed by atoms with van der Waals surface area (Å²) in [5, 5.41) is 2.68. The van der Waals surface area contributed by atoms with Gasteiger partial charge in [0.2, 0.25) is 11.5 Å². The fraction of sp³-hybridized carbons (Fsp3) is 0.250. The van der Waals surface area contributed by atoms with Gasteiger partial charge in [0.1, 0.15) is 11.4 Å². The zero-order valence-corrected chi connectivity index (χ0v) is 17.2. The Morgan fingerprint density at radius 3 is 2.84 bits per heavy atom. The lowest BCUT2D eigenvalue weighted by Gasteiger charge is -2.24. The van der Waals surface area contributed by atoms with Gasteiger partial charge in [0.15, 0.2) is 11.4 Å². The highest BCUT2D eigenvalue weighted by Gasteiger charge is 2.21. The molecule has 1 N–H and O–H groups in total. The highest BCUT2D eigenvalue weighted by atomic mass is 35.5. The van der Waals surface area contributed by atoms with Gasteiger partial charge in [0.05, 0.1) is 18.8 Å². The van der Waals surface area contributed by atoms with Crippen LogP contribution < -0.4 is 10.2 Å². The molecule has 0 atom stereocenters. The molecule has 0 unspecified atom stereocenters. The fourth-order valence-corrected chi connectivity index (χ4v) is 3.43. The van der Waals surface area contributed by atoms with Gasteiger partial charge in [-0.1, -0.05) is 11.6 Å². The van der Waals surface area contributed by atoms with E-state index in [-0.39, 0.29) is 16.5 Å². The highest BCUT2D eigenvalue weighted by Crippen LogP contribution is 2.27. The minimum atomic E-state index is -0.491. The average molecular weight is 441 g/mol. The summed E-state index contributed by atoms with van der Waals surface area (Å²) in [6.45, 7) is 4.39. The van der Waals surface area contributed by atoms with Crippen molar-refractivity contribution in [1.82, 2.24) is 19.9 Å². The zero-order chi connectivity index (χ0) is 21.4. The molecule has 4 aromatic rings. The van der Waals surface area contributed by atoms with Gasteiger partial charge in [0.25, 0.3) is 11.9 Å². The number of oxazole rings is 2. The molecule has 0 aliphatic carbocycles. The molecular formula is C20H17ClN6O4. The summed E-state index contributed by atoms with van der Waals surface area (Å²) in [7, 11) is 0. The van der Waals surface area contributed by atoms with Crippen LogP contribution in [0.2, 0.25) is 5.15 Å². The van der Waals surface area contributed by atoms with Gasteiger partial charge in [-0.2, -0.15) is 9.97 Å². The van der Waals surface area contributed by atoms with E-state index in [1.165, 1.54) is 12.3 Å². The molecule has 0 spiro atoms. The van der Waals surface area contributed by atoms with E-state index in [1.807, 2.05) is 17.9 Å². The lowest BCUT2D eigenvalue weighted by atomic mass is 10.2. The summed E-state index contributed by atoms with van der Waals surface area (Å²) in [4.78, 5) is 31.7. The lowest BCUT2D eigenvalue weighted by Crippen LogP contribution is -2.36. The van der Waals surface area contributed by atoms with Gasteiger partial charge >= 0.3 is 0 Å². The van der Waals surface area contributed by atoms with E-state index in [2.05, 4.69) is 25.3 Å². The first-order valence-electron chi connectivity index (χ1n) is 9.56. The third kappa shape index (κ3) is 3.94. The molecular weight excluding hydrogens is 424 g/mol. The Kier molecular flexibility index (Phi) is 5.00. The summed E-state index contributed by atoms with van der Waals surface area (Å²) < 4.78 is 16.6. The number of morpholine rings is 1. The minimum absolute atomic E-state index is 0.0142. The first-order chi connectivity index (χ1) is 15.1.